The lowest BCUT2D eigenvalue weighted by Crippen LogP contribution is -2.50. The third kappa shape index (κ3) is 6.56. The fourth-order valence-electron chi connectivity index (χ4n) is 7.76. The number of fused-ring (bicyclic) bond motifs is 2. The normalized spacial score (nSPS) is 18.8. The number of carbonyl (C=O) groups excluding carboxylic acids is 2. The van der Waals surface area contributed by atoms with Crippen molar-refractivity contribution in [3.8, 4) is 22.5 Å². The van der Waals surface area contributed by atoms with E-state index in [0.717, 1.165) is 63.6 Å². The summed E-state index contributed by atoms with van der Waals surface area (Å²) in [7, 11) is 0. The zero-order valence-electron chi connectivity index (χ0n) is 27.7. The molecular formula is C42H40N4O2. The average molecular weight is 633 g/mol. The van der Waals surface area contributed by atoms with Crippen LogP contribution in [0.3, 0.4) is 0 Å². The molecule has 2 N–H and O–H groups in total. The molecule has 0 unspecified atom stereocenters. The van der Waals surface area contributed by atoms with Crippen molar-refractivity contribution in [3.05, 3.63) is 132 Å². The second-order valence-corrected chi connectivity index (χ2v) is 14.3. The Balaban J connectivity index is 1.12. The van der Waals surface area contributed by atoms with Gasteiger partial charge in [0.05, 0.1) is 33.5 Å². The maximum absolute atomic E-state index is 14.0. The zero-order chi connectivity index (χ0) is 33.3. The van der Waals surface area contributed by atoms with E-state index < -0.39 is 0 Å². The largest absolute Gasteiger partial charge is 0.351 e. The zero-order valence-corrected chi connectivity index (χ0v) is 27.7. The summed E-state index contributed by atoms with van der Waals surface area (Å²) in [5.74, 6) is -0.218. The van der Waals surface area contributed by atoms with E-state index in [4.69, 9.17) is 9.97 Å². The Hall–Kier alpha value is -5.36. The third-order valence-electron chi connectivity index (χ3n) is 9.52. The van der Waals surface area contributed by atoms with Crippen molar-refractivity contribution in [2.24, 2.45) is 10.8 Å². The second-order valence-electron chi connectivity index (χ2n) is 14.3. The van der Waals surface area contributed by atoms with Crippen LogP contribution >= 0.6 is 0 Å². The number of nitrogens with zero attached hydrogens (tertiary/aromatic N) is 2. The predicted octanol–water partition coefficient (Wildman–Crippen LogP) is 8.86. The molecule has 48 heavy (non-hydrogen) atoms. The van der Waals surface area contributed by atoms with Crippen molar-refractivity contribution in [3.63, 3.8) is 0 Å². The van der Waals surface area contributed by atoms with Gasteiger partial charge in [-0.25, -0.2) is 9.97 Å². The molecule has 0 spiro atoms. The maximum Gasteiger partial charge on any atom is 0.252 e. The Morgan fingerprint density at radius 2 is 1.12 bits per heavy atom. The summed E-state index contributed by atoms with van der Waals surface area (Å²) >= 11 is 0. The maximum atomic E-state index is 14.0. The fourth-order valence-corrected chi connectivity index (χ4v) is 7.76. The van der Waals surface area contributed by atoms with Gasteiger partial charge in [0.2, 0.25) is 0 Å². The van der Waals surface area contributed by atoms with Crippen LogP contribution in [0.4, 0.5) is 0 Å². The lowest BCUT2D eigenvalue weighted by Gasteiger charge is -2.47. The fraction of sp³-hybridized carbons (Fsp3) is 0.238. The highest BCUT2D eigenvalue weighted by Gasteiger charge is 2.42. The molecule has 4 aromatic carbocycles. The van der Waals surface area contributed by atoms with Crippen LogP contribution in [0.25, 0.3) is 44.3 Å². The summed E-state index contributed by atoms with van der Waals surface area (Å²) in [6, 6.07) is 39.3. The van der Waals surface area contributed by atoms with Gasteiger partial charge in [-0.05, 0) is 54.4 Å². The first-order chi connectivity index (χ1) is 23.2. The highest BCUT2D eigenvalue weighted by molar-refractivity contribution is 6.08. The van der Waals surface area contributed by atoms with E-state index >= 15 is 0 Å². The third-order valence-corrected chi connectivity index (χ3v) is 9.52. The molecule has 6 nitrogen and oxygen atoms in total. The van der Waals surface area contributed by atoms with Crippen LogP contribution in [-0.2, 0) is 0 Å². The Labute approximate surface area is 281 Å². The molecule has 1 aliphatic carbocycles. The van der Waals surface area contributed by atoms with E-state index in [9.17, 15) is 9.59 Å². The van der Waals surface area contributed by atoms with Crippen molar-refractivity contribution >= 4 is 33.6 Å². The summed E-state index contributed by atoms with van der Waals surface area (Å²) in [4.78, 5) is 37.6. The number of amides is 2. The van der Waals surface area contributed by atoms with Crippen molar-refractivity contribution in [2.45, 2.75) is 46.1 Å². The molecule has 0 aliphatic heterocycles. The molecule has 2 heterocycles. The van der Waals surface area contributed by atoms with Crippen LogP contribution in [-0.4, -0.2) is 34.4 Å². The molecule has 2 amide bonds. The minimum atomic E-state index is -0.226. The minimum Gasteiger partial charge on any atom is -0.351 e. The highest BCUT2D eigenvalue weighted by Crippen LogP contribution is 2.46. The van der Waals surface area contributed by atoms with Crippen molar-refractivity contribution < 1.29 is 9.59 Å². The number of pyridine rings is 2. The first kappa shape index (κ1) is 31.3. The SMILES string of the molecule is CC1(C)C[C@H](NC(=O)c2cc(-c3ccccc3)nc3ccccc23)C[C@@](C)(CNC(=O)c2cc(-c3ccccc3)nc3ccccc23)C1. The van der Waals surface area contributed by atoms with Gasteiger partial charge in [-0.1, -0.05) is 118 Å². The molecule has 6 aromatic rings. The molecule has 1 fully saturated rings. The summed E-state index contributed by atoms with van der Waals surface area (Å²) < 4.78 is 0. The molecular weight excluding hydrogens is 592 g/mol. The van der Waals surface area contributed by atoms with Gasteiger partial charge in [0.1, 0.15) is 0 Å². The Morgan fingerprint density at radius 1 is 0.646 bits per heavy atom. The number of aromatic nitrogens is 2. The van der Waals surface area contributed by atoms with Gasteiger partial charge in [0.25, 0.3) is 11.8 Å². The highest BCUT2D eigenvalue weighted by atomic mass is 16.2. The molecule has 6 heteroatoms. The lowest BCUT2D eigenvalue weighted by molar-refractivity contribution is 0.0593. The summed E-state index contributed by atoms with van der Waals surface area (Å²) in [6.45, 7) is 7.23. The van der Waals surface area contributed by atoms with E-state index in [1.807, 2.05) is 121 Å². The number of hydrogen-bond donors (Lipinski definition) is 2. The number of carbonyl (C=O) groups is 2. The van der Waals surface area contributed by atoms with Crippen LogP contribution in [0.5, 0.6) is 0 Å². The average Bonchev–Trinajstić information content (AvgIpc) is 3.09. The van der Waals surface area contributed by atoms with Crippen LogP contribution in [0.15, 0.2) is 121 Å². The van der Waals surface area contributed by atoms with Crippen LogP contribution < -0.4 is 10.6 Å². The van der Waals surface area contributed by atoms with Gasteiger partial charge in [-0.3, -0.25) is 9.59 Å². The lowest BCUT2D eigenvalue weighted by atomic mass is 9.62. The van der Waals surface area contributed by atoms with E-state index in [2.05, 4.69) is 31.4 Å². The number of benzene rings is 4. The molecule has 1 saturated carbocycles. The molecule has 0 bridgehead atoms. The quantitative estimate of drug-likeness (QED) is 0.184. The number of nitrogens with one attached hydrogen (secondary N) is 2. The van der Waals surface area contributed by atoms with Crippen molar-refractivity contribution in [1.29, 1.82) is 0 Å². The van der Waals surface area contributed by atoms with E-state index in [-0.39, 0.29) is 28.7 Å². The standard InChI is InChI=1S/C42H40N4O2/c1-41(2)24-30(44-40(48)34-23-38(29-16-8-5-9-17-29)46-36-21-13-11-19-32(34)36)25-42(3,26-41)27-43-39(47)33-22-37(28-14-6-4-7-15-28)45-35-20-12-10-18-31(33)35/h4-23,30H,24-27H2,1-3H3,(H,43,47)(H,44,48)/t30-,42+/m0/s1. The van der Waals surface area contributed by atoms with Crippen LogP contribution in [0, 0.1) is 10.8 Å². The molecule has 1 aliphatic rings. The van der Waals surface area contributed by atoms with E-state index in [1.165, 1.54) is 0 Å². The number of hydrogen-bond acceptors (Lipinski definition) is 4. The van der Waals surface area contributed by atoms with Gasteiger partial charge in [0.15, 0.2) is 0 Å². The van der Waals surface area contributed by atoms with Gasteiger partial charge in [0, 0.05) is 34.5 Å². The first-order valence-electron chi connectivity index (χ1n) is 16.7. The Kier molecular flexibility index (Phi) is 8.26. The molecule has 0 saturated heterocycles. The van der Waals surface area contributed by atoms with E-state index in [1.54, 1.807) is 0 Å². The van der Waals surface area contributed by atoms with Gasteiger partial charge in [-0.15, -0.1) is 0 Å². The van der Waals surface area contributed by atoms with E-state index in [0.29, 0.717) is 17.7 Å². The monoisotopic (exact) mass is 632 g/mol. The molecule has 240 valence electrons. The van der Waals surface area contributed by atoms with Crippen LogP contribution in [0.2, 0.25) is 0 Å². The summed E-state index contributed by atoms with van der Waals surface area (Å²) in [6.07, 6.45) is 2.53. The Morgan fingerprint density at radius 3 is 1.67 bits per heavy atom. The second kappa shape index (κ2) is 12.7. The van der Waals surface area contributed by atoms with Crippen molar-refractivity contribution in [2.75, 3.05) is 6.54 Å². The molecule has 2 atom stereocenters. The summed E-state index contributed by atoms with van der Waals surface area (Å²) in [5.41, 5.74) is 6.03. The van der Waals surface area contributed by atoms with Gasteiger partial charge >= 0.3 is 0 Å². The first-order valence-corrected chi connectivity index (χ1v) is 16.7. The topological polar surface area (TPSA) is 84.0 Å². The van der Waals surface area contributed by atoms with Crippen LogP contribution in [0.1, 0.15) is 60.7 Å². The molecule has 7 rings (SSSR count). The smallest absolute Gasteiger partial charge is 0.252 e. The van der Waals surface area contributed by atoms with Gasteiger partial charge < -0.3 is 10.6 Å². The number of rotatable bonds is 7. The predicted molar refractivity (Wildman–Crippen MR) is 194 cm³/mol. The Bertz CT molecular complexity index is 2130. The molecule has 2 aromatic heterocycles. The molecule has 0 radical (unpaired) electrons. The summed E-state index contributed by atoms with van der Waals surface area (Å²) in [5, 5.41) is 8.34. The minimum absolute atomic E-state index is 0.0327. The number of para-hydroxylation sites is 2. The van der Waals surface area contributed by atoms with Crippen molar-refractivity contribution in [1.82, 2.24) is 20.6 Å². The van der Waals surface area contributed by atoms with Gasteiger partial charge in [-0.2, -0.15) is 0 Å².